The van der Waals surface area contributed by atoms with Crippen LogP contribution in [0.1, 0.15) is 18.4 Å². The van der Waals surface area contributed by atoms with Gasteiger partial charge in [0.1, 0.15) is 6.54 Å². The van der Waals surface area contributed by atoms with E-state index in [2.05, 4.69) is 5.32 Å². The van der Waals surface area contributed by atoms with Crippen molar-refractivity contribution in [2.24, 2.45) is 0 Å². The first-order valence-corrected chi connectivity index (χ1v) is 7.62. The van der Waals surface area contributed by atoms with E-state index in [1.54, 1.807) is 6.92 Å². The molecule has 1 atom stereocenters. The number of benzene rings is 1. The zero-order valence-corrected chi connectivity index (χ0v) is 12.7. The van der Waals surface area contributed by atoms with Crippen molar-refractivity contribution in [1.29, 1.82) is 0 Å². The molecule has 0 bridgehead atoms. The molecular formula is C17H20N2O3. The second-order valence-corrected chi connectivity index (χ2v) is 5.72. The molecule has 0 saturated carbocycles. The predicted octanol–water partition coefficient (Wildman–Crippen LogP) is 1.61. The number of pyridine rings is 1. The van der Waals surface area contributed by atoms with Crippen LogP contribution in [0.5, 0.6) is 0 Å². The number of carbonyl (C=O) groups is 1. The molecule has 1 aliphatic heterocycles. The van der Waals surface area contributed by atoms with Gasteiger partial charge in [0.2, 0.25) is 5.91 Å². The van der Waals surface area contributed by atoms with Gasteiger partial charge in [0.25, 0.3) is 5.56 Å². The zero-order chi connectivity index (χ0) is 15.5. The minimum Gasteiger partial charge on any atom is -0.376 e. The van der Waals surface area contributed by atoms with Gasteiger partial charge in [-0.1, -0.05) is 18.2 Å². The molecule has 0 radical (unpaired) electrons. The Hall–Kier alpha value is -2.14. The third-order valence-corrected chi connectivity index (χ3v) is 4.03. The van der Waals surface area contributed by atoms with Crippen molar-refractivity contribution >= 4 is 16.8 Å². The molecule has 5 nitrogen and oxygen atoms in total. The summed E-state index contributed by atoms with van der Waals surface area (Å²) in [7, 11) is 0. The maximum Gasteiger partial charge on any atom is 0.254 e. The SMILES string of the molecule is Cc1cc2ccccc2n(CC(=O)NCC2CCCO2)c1=O. The van der Waals surface area contributed by atoms with Crippen LogP contribution in [0.3, 0.4) is 0 Å². The molecule has 3 rings (SSSR count). The van der Waals surface area contributed by atoms with Gasteiger partial charge in [0.15, 0.2) is 0 Å². The molecule has 22 heavy (non-hydrogen) atoms. The minimum atomic E-state index is -0.159. The molecule has 0 aliphatic carbocycles. The highest BCUT2D eigenvalue weighted by atomic mass is 16.5. The van der Waals surface area contributed by atoms with Crippen LogP contribution < -0.4 is 10.9 Å². The van der Waals surface area contributed by atoms with Gasteiger partial charge in [-0.2, -0.15) is 0 Å². The second-order valence-electron chi connectivity index (χ2n) is 5.72. The summed E-state index contributed by atoms with van der Waals surface area (Å²) < 4.78 is 7.02. The monoisotopic (exact) mass is 300 g/mol. The fraction of sp³-hybridized carbons (Fsp3) is 0.412. The molecule has 1 aromatic heterocycles. The zero-order valence-electron chi connectivity index (χ0n) is 12.7. The number of ether oxygens (including phenoxy) is 1. The molecule has 2 heterocycles. The van der Waals surface area contributed by atoms with Crippen LogP contribution >= 0.6 is 0 Å². The first-order chi connectivity index (χ1) is 10.6. The number of aromatic nitrogens is 1. The van der Waals surface area contributed by atoms with Crippen LogP contribution in [0, 0.1) is 6.92 Å². The van der Waals surface area contributed by atoms with Crippen molar-refractivity contribution in [3.63, 3.8) is 0 Å². The summed E-state index contributed by atoms with van der Waals surface area (Å²) in [6.45, 7) is 3.09. The number of nitrogens with one attached hydrogen (secondary N) is 1. The summed E-state index contributed by atoms with van der Waals surface area (Å²) in [5.41, 5.74) is 1.31. The van der Waals surface area contributed by atoms with Crippen LogP contribution in [0.4, 0.5) is 0 Å². The van der Waals surface area contributed by atoms with E-state index < -0.39 is 0 Å². The Kier molecular flexibility index (Phi) is 4.24. The Morgan fingerprint density at radius 1 is 1.41 bits per heavy atom. The van der Waals surface area contributed by atoms with Gasteiger partial charge in [-0.25, -0.2) is 0 Å². The van der Waals surface area contributed by atoms with E-state index in [-0.39, 0.29) is 24.1 Å². The summed E-state index contributed by atoms with van der Waals surface area (Å²) in [5.74, 6) is -0.159. The van der Waals surface area contributed by atoms with Crippen LogP contribution in [0.25, 0.3) is 10.9 Å². The highest BCUT2D eigenvalue weighted by Gasteiger charge is 2.17. The van der Waals surface area contributed by atoms with E-state index in [0.717, 1.165) is 30.4 Å². The average molecular weight is 300 g/mol. The summed E-state index contributed by atoms with van der Waals surface area (Å²) >= 11 is 0. The first kappa shape index (κ1) is 14.8. The number of hydrogen-bond acceptors (Lipinski definition) is 3. The van der Waals surface area contributed by atoms with Gasteiger partial charge in [0, 0.05) is 18.7 Å². The summed E-state index contributed by atoms with van der Waals surface area (Å²) in [4.78, 5) is 24.5. The van der Waals surface area contributed by atoms with Crippen molar-refractivity contribution in [2.75, 3.05) is 13.2 Å². The lowest BCUT2D eigenvalue weighted by molar-refractivity contribution is -0.122. The average Bonchev–Trinajstić information content (AvgIpc) is 3.03. The molecule has 5 heteroatoms. The van der Waals surface area contributed by atoms with Crippen molar-refractivity contribution in [1.82, 2.24) is 9.88 Å². The molecule has 1 amide bonds. The summed E-state index contributed by atoms with van der Waals surface area (Å²) in [5, 5.41) is 3.83. The number of hydrogen-bond donors (Lipinski definition) is 1. The Balaban J connectivity index is 1.79. The van der Waals surface area contributed by atoms with Crippen LogP contribution in [0.15, 0.2) is 35.1 Å². The fourth-order valence-corrected chi connectivity index (χ4v) is 2.86. The quantitative estimate of drug-likeness (QED) is 0.933. The Morgan fingerprint density at radius 2 is 2.23 bits per heavy atom. The number of nitrogens with zero attached hydrogens (tertiary/aromatic N) is 1. The lowest BCUT2D eigenvalue weighted by Crippen LogP contribution is -2.37. The van der Waals surface area contributed by atoms with Crippen molar-refractivity contribution in [3.8, 4) is 0 Å². The van der Waals surface area contributed by atoms with E-state index in [0.29, 0.717) is 12.1 Å². The third kappa shape index (κ3) is 3.04. The van der Waals surface area contributed by atoms with Crippen LogP contribution in [0.2, 0.25) is 0 Å². The number of carbonyl (C=O) groups excluding carboxylic acids is 1. The molecule has 116 valence electrons. The van der Waals surface area contributed by atoms with E-state index in [9.17, 15) is 9.59 Å². The summed E-state index contributed by atoms with van der Waals surface area (Å²) in [6.07, 6.45) is 2.13. The van der Waals surface area contributed by atoms with E-state index in [1.807, 2.05) is 30.3 Å². The summed E-state index contributed by atoms with van der Waals surface area (Å²) in [6, 6.07) is 9.47. The largest absolute Gasteiger partial charge is 0.376 e. The Morgan fingerprint density at radius 3 is 3.00 bits per heavy atom. The van der Waals surface area contributed by atoms with Crippen molar-refractivity contribution in [3.05, 3.63) is 46.2 Å². The maximum atomic E-state index is 12.3. The highest BCUT2D eigenvalue weighted by molar-refractivity contribution is 5.82. The highest BCUT2D eigenvalue weighted by Crippen LogP contribution is 2.13. The third-order valence-electron chi connectivity index (χ3n) is 4.03. The van der Waals surface area contributed by atoms with Gasteiger partial charge in [-0.3, -0.25) is 14.2 Å². The van der Waals surface area contributed by atoms with Gasteiger partial charge in [-0.15, -0.1) is 0 Å². The molecule has 1 unspecified atom stereocenters. The Bertz CT molecular complexity index is 745. The van der Waals surface area contributed by atoms with Gasteiger partial charge in [0.05, 0.1) is 11.6 Å². The van der Waals surface area contributed by atoms with Crippen LogP contribution in [-0.4, -0.2) is 29.7 Å². The Labute approximate surface area is 128 Å². The molecule has 1 fully saturated rings. The fourth-order valence-electron chi connectivity index (χ4n) is 2.86. The van der Waals surface area contributed by atoms with Crippen molar-refractivity contribution < 1.29 is 9.53 Å². The normalized spacial score (nSPS) is 17.8. The molecule has 2 aromatic rings. The molecule has 1 N–H and O–H groups in total. The lowest BCUT2D eigenvalue weighted by Gasteiger charge is -2.14. The first-order valence-electron chi connectivity index (χ1n) is 7.62. The molecule has 1 saturated heterocycles. The number of para-hydroxylation sites is 1. The minimum absolute atomic E-state index is 0.0355. The molecule has 0 spiro atoms. The smallest absolute Gasteiger partial charge is 0.254 e. The molecular weight excluding hydrogens is 280 g/mol. The van der Waals surface area contributed by atoms with Crippen molar-refractivity contribution in [2.45, 2.75) is 32.4 Å². The number of amides is 1. The van der Waals surface area contributed by atoms with Gasteiger partial charge >= 0.3 is 0 Å². The molecule has 1 aliphatic rings. The maximum absolute atomic E-state index is 12.3. The second kappa shape index (κ2) is 6.32. The van der Waals surface area contributed by atoms with Crippen LogP contribution in [-0.2, 0) is 16.1 Å². The van der Waals surface area contributed by atoms with E-state index in [1.165, 1.54) is 4.57 Å². The van der Waals surface area contributed by atoms with E-state index >= 15 is 0 Å². The van der Waals surface area contributed by atoms with E-state index in [4.69, 9.17) is 4.74 Å². The van der Waals surface area contributed by atoms with Gasteiger partial charge < -0.3 is 10.1 Å². The number of rotatable bonds is 4. The number of fused-ring (bicyclic) bond motifs is 1. The topological polar surface area (TPSA) is 60.3 Å². The number of aryl methyl sites for hydroxylation is 1. The van der Waals surface area contributed by atoms with Gasteiger partial charge in [-0.05, 0) is 37.3 Å². The lowest BCUT2D eigenvalue weighted by atomic mass is 10.1. The standard InChI is InChI=1S/C17H20N2O3/c1-12-9-13-5-2-3-7-15(13)19(17(12)21)11-16(20)18-10-14-6-4-8-22-14/h2-3,5,7,9,14H,4,6,8,10-11H2,1H3,(H,18,20). The molecule has 1 aromatic carbocycles. The predicted molar refractivity (Wildman–Crippen MR) is 84.9 cm³/mol.